The van der Waals surface area contributed by atoms with Crippen molar-refractivity contribution in [2.24, 2.45) is 0 Å². The molecule has 1 heterocycles. The Bertz CT molecular complexity index is 267. The third-order valence-corrected chi connectivity index (χ3v) is 3.19. The Kier molecular flexibility index (Phi) is 4.24. The maximum absolute atomic E-state index is 11.1. The zero-order chi connectivity index (χ0) is 11.6. The summed E-state index contributed by atoms with van der Waals surface area (Å²) in [6.07, 6.45) is -2.13. The Morgan fingerprint density at radius 1 is 1.47 bits per heavy atom. The maximum atomic E-state index is 11.1. The molecule has 0 radical (unpaired) electrons. The average Bonchev–Trinajstić information content (AvgIpc) is 2.11. The van der Waals surface area contributed by atoms with Crippen molar-refractivity contribution in [2.45, 2.75) is 43.6 Å². The van der Waals surface area contributed by atoms with E-state index in [9.17, 15) is 14.7 Å². The van der Waals surface area contributed by atoms with Gasteiger partial charge in [0.1, 0.15) is 17.0 Å². The van der Waals surface area contributed by atoms with Crippen LogP contribution in [-0.4, -0.2) is 40.2 Å². The number of alkyl halides is 1. The van der Waals surface area contributed by atoms with Crippen molar-refractivity contribution >= 4 is 27.7 Å². The van der Waals surface area contributed by atoms with Gasteiger partial charge < -0.3 is 14.6 Å². The molecule has 86 valence electrons. The van der Waals surface area contributed by atoms with E-state index in [1.807, 2.05) is 0 Å². The molecule has 1 aliphatic rings. The number of halogens is 1. The fourth-order valence-corrected chi connectivity index (χ4v) is 1.86. The first-order chi connectivity index (χ1) is 6.91. The Morgan fingerprint density at radius 3 is 2.53 bits per heavy atom. The SMILES string of the molecule is CC(=O)O[C@@H]1C[C@H](C(C)=O)O[C@H](O)[C@@H]1Br. The summed E-state index contributed by atoms with van der Waals surface area (Å²) in [7, 11) is 0. The predicted molar refractivity (Wildman–Crippen MR) is 54.4 cm³/mol. The van der Waals surface area contributed by atoms with Gasteiger partial charge in [0.15, 0.2) is 12.1 Å². The van der Waals surface area contributed by atoms with Gasteiger partial charge in [0, 0.05) is 13.3 Å². The Labute approximate surface area is 95.9 Å². The lowest BCUT2D eigenvalue weighted by atomic mass is 10.0. The van der Waals surface area contributed by atoms with E-state index < -0.39 is 29.3 Å². The molecule has 0 aromatic rings. The van der Waals surface area contributed by atoms with E-state index in [1.165, 1.54) is 13.8 Å². The van der Waals surface area contributed by atoms with Crippen LogP contribution in [0.4, 0.5) is 0 Å². The third-order valence-electron chi connectivity index (χ3n) is 2.15. The van der Waals surface area contributed by atoms with Crippen LogP contribution in [0.1, 0.15) is 20.3 Å². The number of aliphatic hydroxyl groups excluding tert-OH is 1. The maximum Gasteiger partial charge on any atom is 0.302 e. The van der Waals surface area contributed by atoms with Gasteiger partial charge in [-0.05, 0) is 6.92 Å². The van der Waals surface area contributed by atoms with E-state index in [4.69, 9.17) is 9.47 Å². The summed E-state index contributed by atoms with van der Waals surface area (Å²) < 4.78 is 10.0. The summed E-state index contributed by atoms with van der Waals surface area (Å²) >= 11 is 3.16. The van der Waals surface area contributed by atoms with E-state index in [2.05, 4.69) is 15.9 Å². The van der Waals surface area contributed by atoms with Gasteiger partial charge in [0.2, 0.25) is 0 Å². The van der Waals surface area contributed by atoms with Crippen LogP contribution in [0.25, 0.3) is 0 Å². The fraction of sp³-hybridized carbons (Fsp3) is 0.778. The zero-order valence-electron chi connectivity index (χ0n) is 8.47. The van der Waals surface area contributed by atoms with Crippen molar-refractivity contribution in [3.8, 4) is 0 Å². The average molecular weight is 281 g/mol. The molecule has 1 aliphatic heterocycles. The van der Waals surface area contributed by atoms with Crippen LogP contribution in [0, 0.1) is 0 Å². The number of aliphatic hydroxyl groups is 1. The van der Waals surface area contributed by atoms with E-state index in [0.29, 0.717) is 0 Å². The molecule has 1 N–H and O–H groups in total. The molecule has 6 heteroatoms. The molecular formula is C9H13BrO5. The van der Waals surface area contributed by atoms with E-state index >= 15 is 0 Å². The molecule has 0 unspecified atom stereocenters. The number of hydrogen-bond acceptors (Lipinski definition) is 5. The summed E-state index contributed by atoms with van der Waals surface area (Å²) in [4.78, 5) is 21.4. The van der Waals surface area contributed by atoms with Gasteiger partial charge in [-0.2, -0.15) is 0 Å². The first-order valence-corrected chi connectivity index (χ1v) is 5.48. The van der Waals surface area contributed by atoms with Crippen LogP contribution in [0.2, 0.25) is 0 Å². The molecule has 1 rings (SSSR count). The lowest BCUT2D eigenvalue weighted by Crippen LogP contribution is -2.48. The largest absolute Gasteiger partial charge is 0.461 e. The Balaban J connectivity index is 2.68. The molecule has 0 aromatic carbocycles. The third kappa shape index (κ3) is 3.25. The summed E-state index contributed by atoms with van der Waals surface area (Å²) in [5, 5.41) is 9.47. The number of rotatable bonds is 2. The Morgan fingerprint density at radius 2 is 2.07 bits per heavy atom. The van der Waals surface area contributed by atoms with Gasteiger partial charge in [-0.25, -0.2) is 0 Å². The van der Waals surface area contributed by atoms with E-state index in [1.54, 1.807) is 0 Å². The van der Waals surface area contributed by atoms with Crippen LogP contribution in [0.5, 0.6) is 0 Å². The Hall–Kier alpha value is -0.460. The van der Waals surface area contributed by atoms with Crippen LogP contribution in [0.15, 0.2) is 0 Å². The van der Waals surface area contributed by atoms with Gasteiger partial charge in [-0.3, -0.25) is 9.59 Å². The fourth-order valence-electron chi connectivity index (χ4n) is 1.41. The van der Waals surface area contributed by atoms with Crippen molar-refractivity contribution in [1.29, 1.82) is 0 Å². The number of Topliss-reactive ketones (excluding diaryl/α,β-unsaturated/α-hetero) is 1. The van der Waals surface area contributed by atoms with Gasteiger partial charge in [-0.15, -0.1) is 0 Å². The highest BCUT2D eigenvalue weighted by Gasteiger charge is 2.39. The highest BCUT2D eigenvalue weighted by Crippen LogP contribution is 2.27. The second kappa shape index (κ2) is 5.05. The summed E-state index contributed by atoms with van der Waals surface area (Å²) in [5.74, 6) is -0.633. The van der Waals surface area contributed by atoms with Crippen molar-refractivity contribution < 1.29 is 24.2 Å². The molecule has 0 amide bonds. The van der Waals surface area contributed by atoms with Crippen LogP contribution in [0.3, 0.4) is 0 Å². The predicted octanol–water partition coefficient (Wildman–Crippen LogP) is 0.378. The lowest BCUT2D eigenvalue weighted by Gasteiger charge is -2.35. The molecule has 0 saturated carbocycles. The molecule has 15 heavy (non-hydrogen) atoms. The topological polar surface area (TPSA) is 72.8 Å². The second-order valence-electron chi connectivity index (χ2n) is 3.45. The minimum Gasteiger partial charge on any atom is -0.461 e. The summed E-state index contributed by atoms with van der Waals surface area (Å²) in [6.45, 7) is 2.65. The monoisotopic (exact) mass is 280 g/mol. The van der Waals surface area contributed by atoms with Crippen LogP contribution < -0.4 is 0 Å². The van der Waals surface area contributed by atoms with Gasteiger partial charge in [0.05, 0.1) is 0 Å². The number of hydrogen-bond donors (Lipinski definition) is 1. The molecule has 0 aliphatic carbocycles. The zero-order valence-corrected chi connectivity index (χ0v) is 10.1. The number of carbonyl (C=O) groups is 2. The second-order valence-corrected chi connectivity index (χ2v) is 4.51. The number of esters is 1. The van der Waals surface area contributed by atoms with Crippen molar-refractivity contribution in [1.82, 2.24) is 0 Å². The molecule has 0 aromatic heterocycles. The smallest absolute Gasteiger partial charge is 0.302 e. The molecule has 5 nitrogen and oxygen atoms in total. The lowest BCUT2D eigenvalue weighted by molar-refractivity contribution is -0.195. The number of ether oxygens (including phenoxy) is 2. The van der Waals surface area contributed by atoms with Crippen LogP contribution in [-0.2, 0) is 19.1 Å². The first kappa shape index (κ1) is 12.6. The molecular weight excluding hydrogens is 268 g/mol. The minimum absolute atomic E-state index is 0.189. The summed E-state index contributed by atoms with van der Waals surface area (Å²) in [5.41, 5.74) is 0. The van der Waals surface area contributed by atoms with Gasteiger partial charge in [0.25, 0.3) is 0 Å². The first-order valence-electron chi connectivity index (χ1n) is 4.57. The van der Waals surface area contributed by atoms with E-state index in [0.717, 1.165) is 0 Å². The normalized spacial score (nSPS) is 36.0. The number of ketones is 1. The highest BCUT2D eigenvalue weighted by molar-refractivity contribution is 9.09. The molecule has 0 bridgehead atoms. The molecule has 1 fully saturated rings. The molecule has 4 atom stereocenters. The van der Waals surface area contributed by atoms with Gasteiger partial charge >= 0.3 is 5.97 Å². The number of carbonyl (C=O) groups excluding carboxylic acids is 2. The molecule has 1 saturated heterocycles. The standard InChI is InChI=1S/C9H13BrO5/c1-4(11)6-3-7(14-5(2)12)8(10)9(13)15-6/h6-9,13H,3H2,1-2H3/t6-,7-,8-,9+/m1/s1. The van der Waals surface area contributed by atoms with Gasteiger partial charge in [-0.1, -0.05) is 15.9 Å². The van der Waals surface area contributed by atoms with E-state index in [-0.39, 0.29) is 12.2 Å². The highest BCUT2D eigenvalue weighted by atomic mass is 79.9. The quantitative estimate of drug-likeness (QED) is 0.585. The van der Waals surface area contributed by atoms with Crippen molar-refractivity contribution in [3.05, 3.63) is 0 Å². The summed E-state index contributed by atoms with van der Waals surface area (Å²) in [6, 6.07) is 0. The van der Waals surface area contributed by atoms with Crippen molar-refractivity contribution in [3.63, 3.8) is 0 Å². The molecule has 0 spiro atoms. The minimum atomic E-state index is -1.14. The van der Waals surface area contributed by atoms with Crippen LogP contribution >= 0.6 is 15.9 Å². The van der Waals surface area contributed by atoms with Crippen molar-refractivity contribution in [2.75, 3.05) is 0 Å².